The fraction of sp³-hybridized carbons (Fsp3) is 0.0667. The van der Waals surface area contributed by atoms with Crippen LogP contribution < -0.4 is 5.32 Å². The van der Waals surface area contributed by atoms with Crippen molar-refractivity contribution in [1.82, 2.24) is 0 Å². The topological polar surface area (TPSA) is 46.2 Å². The normalized spacial score (nSPS) is 10.2. The first-order valence-electron chi connectivity index (χ1n) is 5.85. The van der Waals surface area contributed by atoms with Crippen molar-refractivity contribution in [1.29, 1.82) is 0 Å². The van der Waals surface area contributed by atoms with Crippen LogP contribution in [0.25, 0.3) is 0 Å². The number of hydrogen-bond acceptors (Lipinski definition) is 2. The van der Waals surface area contributed by atoms with Gasteiger partial charge >= 0.3 is 0 Å². The Morgan fingerprint density at radius 1 is 1.10 bits per heavy atom. The summed E-state index contributed by atoms with van der Waals surface area (Å²) in [4.78, 5) is 23.5. The lowest BCUT2D eigenvalue weighted by Gasteiger charge is -2.09. The van der Waals surface area contributed by atoms with Crippen molar-refractivity contribution < 1.29 is 14.0 Å². The molecule has 1 N–H and O–H groups in total. The van der Waals surface area contributed by atoms with E-state index < -0.39 is 5.82 Å². The predicted molar refractivity (Wildman–Crippen MR) is 75.6 cm³/mol. The van der Waals surface area contributed by atoms with Gasteiger partial charge in [0.1, 0.15) is 5.82 Å². The smallest absolute Gasteiger partial charge is 0.221 e. The Morgan fingerprint density at radius 3 is 2.35 bits per heavy atom. The molecule has 0 saturated carbocycles. The summed E-state index contributed by atoms with van der Waals surface area (Å²) in [5.74, 6) is -1.05. The standard InChI is InChI=1S/C15H11ClFNO2/c1-9(19)18-14-7-4-11(16)8-13(14)15(20)10-2-5-12(17)6-3-10/h2-8H,1H3,(H,18,19). The minimum Gasteiger partial charge on any atom is -0.326 e. The predicted octanol–water partition coefficient (Wildman–Crippen LogP) is 3.67. The van der Waals surface area contributed by atoms with Gasteiger partial charge in [-0.3, -0.25) is 9.59 Å². The van der Waals surface area contributed by atoms with Crippen LogP contribution in [0.15, 0.2) is 42.5 Å². The van der Waals surface area contributed by atoms with E-state index in [-0.39, 0.29) is 17.3 Å². The van der Waals surface area contributed by atoms with Crippen molar-refractivity contribution in [2.24, 2.45) is 0 Å². The van der Waals surface area contributed by atoms with Crippen LogP contribution in [0.4, 0.5) is 10.1 Å². The van der Waals surface area contributed by atoms with Crippen LogP contribution in [0.5, 0.6) is 0 Å². The molecule has 2 aromatic rings. The fourth-order valence-electron chi connectivity index (χ4n) is 1.76. The summed E-state index contributed by atoms with van der Waals surface area (Å²) in [5, 5.41) is 2.95. The van der Waals surface area contributed by atoms with E-state index in [9.17, 15) is 14.0 Å². The van der Waals surface area contributed by atoms with E-state index in [1.807, 2.05) is 0 Å². The maximum atomic E-state index is 12.9. The highest BCUT2D eigenvalue weighted by Crippen LogP contribution is 2.23. The summed E-state index contributed by atoms with van der Waals surface area (Å²) in [6.07, 6.45) is 0. The van der Waals surface area contributed by atoms with Crippen molar-refractivity contribution in [2.45, 2.75) is 6.92 Å². The second kappa shape index (κ2) is 5.84. The second-order valence-corrected chi connectivity index (χ2v) is 4.64. The molecule has 102 valence electrons. The summed E-state index contributed by atoms with van der Waals surface area (Å²) < 4.78 is 12.9. The summed E-state index contributed by atoms with van der Waals surface area (Å²) in [5.41, 5.74) is 0.954. The number of ketones is 1. The van der Waals surface area contributed by atoms with E-state index in [4.69, 9.17) is 11.6 Å². The molecule has 0 aromatic heterocycles. The molecular weight excluding hydrogens is 281 g/mol. The first kappa shape index (κ1) is 14.2. The molecule has 0 unspecified atom stereocenters. The molecule has 20 heavy (non-hydrogen) atoms. The largest absolute Gasteiger partial charge is 0.326 e. The quantitative estimate of drug-likeness (QED) is 0.877. The Balaban J connectivity index is 2.44. The van der Waals surface area contributed by atoms with Crippen LogP contribution in [0.3, 0.4) is 0 Å². The Labute approximate surface area is 120 Å². The number of hydrogen-bond donors (Lipinski definition) is 1. The van der Waals surface area contributed by atoms with E-state index in [1.165, 1.54) is 37.3 Å². The molecule has 0 bridgehead atoms. The number of carbonyl (C=O) groups excluding carboxylic acids is 2. The number of carbonyl (C=O) groups is 2. The van der Waals surface area contributed by atoms with E-state index in [0.29, 0.717) is 16.3 Å². The van der Waals surface area contributed by atoms with Crippen LogP contribution in [0.1, 0.15) is 22.8 Å². The molecule has 0 heterocycles. The van der Waals surface area contributed by atoms with Gasteiger partial charge in [-0.15, -0.1) is 0 Å². The van der Waals surface area contributed by atoms with Gasteiger partial charge in [0.15, 0.2) is 5.78 Å². The molecule has 0 aliphatic heterocycles. The van der Waals surface area contributed by atoms with Gasteiger partial charge in [0.25, 0.3) is 0 Å². The van der Waals surface area contributed by atoms with Gasteiger partial charge in [-0.1, -0.05) is 11.6 Å². The molecule has 0 aliphatic rings. The van der Waals surface area contributed by atoms with Crippen LogP contribution in [-0.2, 0) is 4.79 Å². The molecule has 0 spiro atoms. The van der Waals surface area contributed by atoms with Crippen molar-refractivity contribution in [3.05, 3.63) is 64.4 Å². The Morgan fingerprint density at radius 2 is 1.75 bits per heavy atom. The number of anilines is 1. The van der Waals surface area contributed by atoms with Crippen molar-refractivity contribution in [3.8, 4) is 0 Å². The summed E-state index contributed by atoms with van der Waals surface area (Å²) in [6, 6.07) is 9.78. The molecule has 0 saturated heterocycles. The van der Waals surface area contributed by atoms with E-state index in [0.717, 1.165) is 0 Å². The lowest BCUT2D eigenvalue weighted by Crippen LogP contribution is -2.11. The van der Waals surface area contributed by atoms with E-state index in [2.05, 4.69) is 5.32 Å². The Hall–Kier alpha value is -2.20. The molecule has 2 rings (SSSR count). The zero-order valence-electron chi connectivity index (χ0n) is 10.6. The minimum absolute atomic E-state index is 0.263. The summed E-state index contributed by atoms with van der Waals surface area (Å²) >= 11 is 5.89. The summed E-state index contributed by atoms with van der Waals surface area (Å²) in [7, 11) is 0. The van der Waals surface area contributed by atoms with Gasteiger partial charge in [0, 0.05) is 23.1 Å². The van der Waals surface area contributed by atoms with E-state index >= 15 is 0 Å². The minimum atomic E-state index is -0.422. The monoisotopic (exact) mass is 291 g/mol. The third-order valence-electron chi connectivity index (χ3n) is 2.64. The van der Waals surface area contributed by atoms with Gasteiger partial charge in [-0.25, -0.2) is 4.39 Å². The van der Waals surface area contributed by atoms with E-state index in [1.54, 1.807) is 12.1 Å². The van der Waals surface area contributed by atoms with Crippen molar-refractivity contribution in [2.75, 3.05) is 5.32 Å². The van der Waals surface area contributed by atoms with Crippen molar-refractivity contribution in [3.63, 3.8) is 0 Å². The van der Waals surface area contributed by atoms with Gasteiger partial charge in [0.05, 0.1) is 5.69 Å². The molecule has 0 fully saturated rings. The number of nitrogens with one attached hydrogen (secondary N) is 1. The highest BCUT2D eigenvalue weighted by atomic mass is 35.5. The molecule has 5 heteroatoms. The molecule has 0 atom stereocenters. The maximum absolute atomic E-state index is 12.9. The van der Waals surface area contributed by atoms with Gasteiger partial charge in [-0.2, -0.15) is 0 Å². The third-order valence-corrected chi connectivity index (χ3v) is 2.88. The number of benzene rings is 2. The molecular formula is C15H11ClFNO2. The zero-order chi connectivity index (χ0) is 14.7. The highest BCUT2D eigenvalue weighted by Gasteiger charge is 2.15. The van der Waals surface area contributed by atoms with Crippen LogP contribution >= 0.6 is 11.6 Å². The van der Waals surface area contributed by atoms with Crippen LogP contribution in [0, 0.1) is 5.82 Å². The molecule has 0 aliphatic carbocycles. The van der Waals surface area contributed by atoms with Gasteiger partial charge in [-0.05, 0) is 42.5 Å². The second-order valence-electron chi connectivity index (χ2n) is 4.21. The van der Waals surface area contributed by atoms with Crippen LogP contribution in [0.2, 0.25) is 5.02 Å². The fourth-order valence-corrected chi connectivity index (χ4v) is 1.93. The van der Waals surface area contributed by atoms with Gasteiger partial charge in [0.2, 0.25) is 5.91 Å². The third kappa shape index (κ3) is 3.22. The lowest BCUT2D eigenvalue weighted by molar-refractivity contribution is -0.114. The summed E-state index contributed by atoms with van der Waals surface area (Å²) in [6.45, 7) is 1.35. The average Bonchev–Trinajstić information content (AvgIpc) is 2.40. The number of rotatable bonds is 3. The Kier molecular flexibility index (Phi) is 4.15. The molecule has 3 nitrogen and oxygen atoms in total. The first-order valence-corrected chi connectivity index (χ1v) is 6.22. The highest BCUT2D eigenvalue weighted by molar-refractivity contribution is 6.31. The molecule has 2 aromatic carbocycles. The first-order chi connectivity index (χ1) is 9.47. The average molecular weight is 292 g/mol. The maximum Gasteiger partial charge on any atom is 0.221 e. The lowest BCUT2D eigenvalue weighted by atomic mass is 10.0. The SMILES string of the molecule is CC(=O)Nc1ccc(Cl)cc1C(=O)c1ccc(F)cc1. The Bertz CT molecular complexity index is 668. The number of amides is 1. The van der Waals surface area contributed by atoms with Crippen molar-refractivity contribution >= 4 is 29.0 Å². The molecule has 1 amide bonds. The zero-order valence-corrected chi connectivity index (χ0v) is 11.4. The van der Waals surface area contributed by atoms with Crippen LogP contribution in [-0.4, -0.2) is 11.7 Å². The number of halogens is 2. The van der Waals surface area contributed by atoms with Gasteiger partial charge < -0.3 is 5.32 Å². The molecule has 0 radical (unpaired) electrons.